The fourth-order valence-electron chi connectivity index (χ4n) is 3.43. The van der Waals surface area contributed by atoms with Crippen molar-refractivity contribution < 1.29 is 4.79 Å². The van der Waals surface area contributed by atoms with Crippen LogP contribution in [0.15, 0.2) is 0 Å². The number of carbonyl (C=O) groups excluding carboxylic acids is 1. The van der Waals surface area contributed by atoms with Crippen molar-refractivity contribution in [3.63, 3.8) is 0 Å². The smallest absolute Gasteiger partial charge is 0.226 e. The Morgan fingerprint density at radius 3 is 2.67 bits per heavy atom. The quantitative estimate of drug-likeness (QED) is 0.788. The minimum absolute atomic E-state index is 0.0176. The molecule has 1 aliphatic carbocycles. The van der Waals surface area contributed by atoms with E-state index in [1.165, 1.54) is 19.3 Å². The predicted molar refractivity (Wildman–Crippen MR) is 74.3 cm³/mol. The summed E-state index contributed by atoms with van der Waals surface area (Å²) in [6, 6.07) is 0. The Bertz CT molecular complexity index is 278. The molecule has 3 nitrogen and oxygen atoms in total. The summed E-state index contributed by atoms with van der Waals surface area (Å²) in [6.45, 7) is 7.52. The molecule has 1 amide bonds. The molecule has 1 heterocycles. The standard InChI is InChI=1S/C15H28N2O/c1-12(2)9-15(6-4-7-15)14(18)17-11-13-5-3-8-16-10-13/h12-13,16H,3-11H2,1-2H3,(H,17,18). The van der Waals surface area contributed by atoms with Gasteiger partial charge in [0.1, 0.15) is 0 Å². The topological polar surface area (TPSA) is 41.1 Å². The van der Waals surface area contributed by atoms with Crippen molar-refractivity contribution in [1.82, 2.24) is 10.6 Å². The van der Waals surface area contributed by atoms with Gasteiger partial charge in [-0.05, 0) is 57.0 Å². The second-order valence-corrected chi connectivity index (χ2v) is 6.65. The molecule has 2 aliphatic rings. The summed E-state index contributed by atoms with van der Waals surface area (Å²) < 4.78 is 0. The molecule has 1 unspecified atom stereocenters. The lowest BCUT2D eigenvalue weighted by atomic mass is 9.64. The van der Waals surface area contributed by atoms with Gasteiger partial charge >= 0.3 is 0 Å². The maximum atomic E-state index is 12.4. The van der Waals surface area contributed by atoms with E-state index >= 15 is 0 Å². The molecule has 0 aromatic heterocycles. The largest absolute Gasteiger partial charge is 0.355 e. The summed E-state index contributed by atoms with van der Waals surface area (Å²) in [5, 5.41) is 6.63. The van der Waals surface area contributed by atoms with Gasteiger partial charge in [-0.3, -0.25) is 4.79 Å². The van der Waals surface area contributed by atoms with Crippen LogP contribution in [0.4, 0.5) is 0 Å². The van der Waals surface area contributed by atoms with Gasteiger partial charge in [0, 0.05) is 12.0 Å². The van der Waals surface area contributed by atoms with Gasteiger partial charge in [-0.2, -0.15) is 0 Å². The minimum Gasteiger partial charge on any atom is -0.355 e. The van der Waals surface area contributed by atoms with E-state index in [1.807, 2.05) is 0 Å². The zero-order chi connectivity index (χ0) is 13.0. The summed E-state index contributed by atoms with van der Waals surface area (Å²) in [7, 11) is 0. The normalized spacial score (nSPS) is 26.7. The highest BCUT2D eigenvalue weighted by atomic mass is 16.2. The van der Waals surface area contributed by atoms with Crippen molar-refractivity contribution in [2.45, 2.75) is 52.4 Å². The van der Waals surface area contributed by atoms with Gasteiger partial charge in [0.05, 0.1) is 0 Å². The average Bonchev–Trinajstić information content (AvgIpc) is 2.32. The zero-order valence-electron chi connectivity index (χ0n) is 11.9. The lowest BCUT2D eigenvalue weighted by Crippen LogP contribution is -2.48. The molecule has 3 heteroatoms. The third kappa shape index (κ3) is 3.25. The summed E-state index contributed by atoms with van der Waals surface area (Å²) in [5.74, 6) is 1.58. The van der Waals surface area contributed by atoms with Crippen molar-refractivity contribution in [3.05, 3.63) is 0 Å². The molecular formula is C15H28N2O. The van der Waals surface area contributed by atoms with E-state index in [1.54, 1.807) is 0 Å². The van der Waals surface area contributed by atoms with E-state index in [9.17, 15) is 4.79 Å². The molecule has 1 aliphatic heterocycles. The van der Waals surface area contributed by atoms with Crippen LogP contribution in [-0.4, -0.2) is 25.5 Å². The van der Waals surface area contributed by atoms with Gasteiger partial charge in [-0.15, -0.1) is 0 Å². The molecule has 1 saturated heterocycles. The van der Waals surface area contributed by atoms with Crippen molar-refractivity contribution in [2.75, 3.05) is 19.6 Å². The second-order valence-electron chi connectivity index (χ2n) is 6.65. The van der Waals surface area contributed by atoms with E-state index in [0.29, 0.717) is 17.7 Å². The first-order valence-corrected chi connectivity index (χ1v) is 7.61. The number of carbonyl (C=O) groups is 1. The number of piperidine rings is 1. The fraction of sp³-hybridized carbons (Fsp3) is 0.933. The van der Waals surface area contributed by atoms with E-state index in [2.05, 4.69) is 24.5 Å². The monoisotopic (exact) mass is 252 g/mol. The maximum Gasteiger partial charge on any atom is 0.226 e. The van der Waals surface area contributed by atoms with Gasteiger partial charge in [0.15, 0.2) is 0 Å². The number of hydrogen-bond donors (Lipinski definition) is 2. The van der Waals surface area contributed by atoms with Crippen molar-refractivity contribution in [1.29, 1.82) is 0 Å². The minimum atomic E-state index is -0.0176. The zero-order valence-corrected chi connectivity index (χ0v) is 11.9. The Kier molecular flexibility index (Phi) is 4.66. The van der Waals surface area contributed by atoms with Crippen molar-refractivity contribution in [3.8, 4) is 0 Å². The SMILES string of the molecule is CC(C)CC1(C(=O)NCC2CCCNC2)CCC1. The highest BCUT2D eigenvalue weighted by molar-refractivity contribution is 5.83. The Labute approximate surface area is 111 Å². The molecule has 1 saturated carbocycles. The molecule has 104 valence electrons. The summed E-state index contributed by atoms with van der Waals surface area (Å²) >= 11 is 0. The van der Waals surface area contributed by atoms with Crippen LogP contribution in [0.3, 0.4) is 0 Å². The third-order valence-electron chi connectivity index (χ3n) is 4.54. The molecule has 0 aromatic carbocycles. The van der Waals surface area contributed by atoms with Crippen LogP contribution in [0.2, 0.25) is 0 Å². The van der Waals surface area contributed by atoms with Gasteiger partial charge in [-0.1, -0.05) is 20.3 Å². The van der Waals surface area contributed by atoms with Crippen LogP contribution in [-0.2, 0) is 4.79 Å². The molecule has 0 radical (unpaired) electrons. The molecule has 0 spiro atoms. The summed E-state index contributed by atoms with van der Waals surface area (Å²) in [5.41, 5.74) is -0.0176. The first kappa shape index (κ1) is 13.9. The van der Waals surface area contributed by atoms with E-state index in [0.717, 1.165) is 38.9 Å². The first-order valence-electron chi connectivity index (χ1n) is 7.61. The number of nitrogens with one attached hydrogen (secondary N) is 2. The highest BCUT2D eigenvalue weighted by Crippen LogP contribution is 2.46. The fourth-order valence-corrected chi connectivity index (χ4v) is 3.43. The molecule has 0 aromatic rings. The van der Waals surface area contributed by atoms with Crippen LogP contribution in [0.5, 0.6) is 0 Å². The first-order chi connectivity index (χ1) is 8.62. The number of hydrogen-bond acceptors (Lipinski definition) is 2. The van der Waals surface area contributed by atoms with Crippen LogP contribution in [0.1, 0.15) is 52.4 Å². The van der Waals surface area contributed by atoms with Crippen LogP contribution < -0.4 is 10.6 Å². The predicted octanol–water partition coefficient (Wildman–Crippen LogP) is 2.32. The molecule has 1 atom stereocenters. The second kappa shape index (κ2) is 6.05. The molecule has 18 heavy (non-hydrogen) atoms. The lowest BCUT2D eigenvalue weighted by molar-refractivity contribution is -0.137. The van der Waals surface area contributed by atoms with Gasteiger partial charge in [0.2, 0.25) is 5.91 Å². The Morgan fingerprint density at radius 1 is 1.39 bits per heavy atom. The third-order valence-corrected chi connectivity index (χ3v) is 4.54. The van der Waals surface area contributed by atoms with E-state index in [-0.39, 0.29) is 5.41 Å². The van der Waals surface area contributed by atoms with E-state index in [4.69, 9.17) is 0 Å². The molecule has 2 fully saturated rings. The molecule has 0 bridgehead atoms. The number of amides is 1. The molecular weight excluding hydrogens is 224 g/mol. The van der Waals surface area contributed by atoms with Crippen LogP contribution >= 0.6 is 0 Å². The molecule has 2 rings (SSSR count). The van der Waals surface area contributed by atoms with Crippen molar-refractivity contribution in [2.24, 2.45) is 17.3 Å². The molecule has 2 N–H and O–H groups in total. The lowest BCUT2D eigenvalue weighted by Gasteiger charge is -2.42. The average molecular weight is 252 g/mol. The Balaban J connectivity index is 1.78. The van der Waals surface area contributed by atoms with Gasteiger partial charge in [-0.25, -0.2) is 0 Å². The summed E-state index contributed by atoms with van der Waals surface area (Å²) in [4.78, 5) is 12.4. The van der Waals surface area contributed by atoms with E-state index < -0.39 is 0 Å². The maximum absolute atomic E-state index is 12.4. The highest BCUT2D eigenvalue weighted by Gasteiger charge is 2.44. The Hall–Kier alpha value is -0.570. The van der Waals surface area contributed by atoms with Crippen molar-refractivity contribution >= 4 is 5.91 Å². The summed E-state index contributed by atoms with van der Waals surface area (Å²) in [6.07, 6.45) is 6.98. The Morgan fingerprint density at radius 2 is 2.17 bits per heavy atom. The van der Waals surface area contributed by atoms with Crippen LogP contribution in [0, 0.1) is 17.3 Å². The van der Waals surface area contributed by atoms with Gasteiger partial charge in [0.25, 0.3) is 0 Å². The van der Waals surface area contributed by atoms with Crippen LogP contribution in [0.25, 0.3) is 0 Å². The number of rotatable bonds is 5. The van der Waals surface area contributed by atoms with Gasteiger partial charge < -0.3 is 10.6 Å².